The summed E-state index contributed by atoms with van der Waals surface area (Å²) in [6.45, 7) is 0.610. The predicted molar refractivity (Wildman–Crippen MR) is 113 cm³/mol. The normalized spacial score (nSPS) is 15.2. The van der Waals surface area contributed by atoms with Gasteiger partial charge in [0.05, 0.1) is 18.2 Å². The van der Waals surface area contributed by atoms with E-state index in [2.05, 4.69) is 10.6 Å². The monoisotopic (exact) mass is 414 g/mol. The fourth-order valence-electron chi connectivity index (χ4n) is 3.45. The molecule has 1 aromatic heterocycles. The zero-order valence-electron chi connectivity index (χ0n) is 15.0. The fourth-order valence-corrected chi connectivity index (χ4v) is 4.47. The van der Waals surface area contributed by atoms with Crippen LogP contribution in [0.3, 0.4) is 0 Å². The molecule has 0 spiro atoms. The van der Waals surface area contributed by atoms with Gasteiger partial charge in [-0.05, 0) is 77.3 Å². The summed E-state index contributed by atoms with van der Waals surface area (Å²) in [7, 11) is 0. The number of carbonyl (C=O) groups excluding carboxylic acids is 1. The Morgan fingerprint density at radius 1 is 1.29 bits per heavy atom. The number of hydrogen-bond acceptors (Lipinski definition) is 4. The van der Waals surface area contributed by atoms with E-state index in [0.29, 0.717) is 23.6 Å². The van der Waals surface area contributed by atoms with E-state index in [0.717, 1.165) is 27.6 Å². The van der Waals surface area contributed by atoms with Crippen molar-refractivity contribution in [3.63, 3.8) is 0 Å². The third kappa shape index (κ3) is 4.00. The van der Waals surface area contributed by atoms with E-state index in [1.54, 1.807) is 23.5 Å². The minimum absolute atomic E-state index is 0.00517. The molecule has 28 heavy (non-hydrogen) atoms. The first kappa shape index (κ1) is 18.8. The van der Waals surface area contributed by atoms with Gasteiger partial charge in [-0.1, -0.05) is 12.1 Å². The Labute approximate surface area is 171 Å². The summed E-state index contributed by atoms with van der Waals surface area (Å²) in [6.07, 6.45) is 1.51. The SMILES string of the molecule is O=C(OCCNC(=S)NC1CCc2c(F)cccc21)c1ccc2sccc2c1. The zero-order valence-corrected chi connectivity index (χ0v) is 16.7. The van der Waals surface area contributed by atoms with Crippen LogP contribution in [0.1, 0.15) is 33.9 Å². The van der Waals surface area contributed by atoms with Crippen LogP contribution in [0, 0.1) is 5.82 Å². The van der Waals surface area contributed by atoms with Crippen molar-refractivity contribution in [1.29, 1.82) is 0 Å². The van der Waals surface area contributed by atoms with Crippen LogP contribution in [0.5, 0.6) is 0 Å². The van der Waals surface area contributed by atoms with E-state index < -0.39 is 0 Å². The van der Waals surface area contributed by atoms with Gasteiger partial charge < -0.3 is 15.4 Å². The molecular weight excluding hydrogens is 395 g/mol. The summed E-state index contributed by atoms with van der Waals surface area (Å²) in [5.74, 6) is -0.512. The molecule has 1 heterocycles. The van der Waals surface area contributed by atoms with Gasteiger partial charge in [0.1, 0.15) is 12.4 Å². The molecule has 2 aromatic carbocycles. The number of carbonyl (C=O) groups is 1. The second-order valence-corrected chi connectivity index (χ2v) is 7.96. The van der Waals surface area contributed by atoms with Crippen molar-refractivity contribution in [2.24, 2.45) is 0 Å². The van der Waals surface area contributed by atoms with Crippen LogP contribution in [-0.2, 0) is 11.2 Å². The number of ether oxygens (including phenoxy) is 1. The van der Waals surface area contributed by atoms with Crippen molar-refractivity contribution in [3.05, 3.63) is 70.4 Å². The molecule has 0 aliphatic heterocycles. The maximum atomic E-state index is 13.8. The second kappa shape index (κ2) is 8.24. The number of thiocarbonyl (C=S) groups is 1. The van der Waals surface area contributed by atoms with Gasteiger partial charge in [-0.15, -0.1) is 11.3 Å². The Kier molecular flexibility index (Phi) is 5.54. The molecule has 7 heteroatoms. The van der Waals surface area contributed by atoms with Crippen LogP contribution >= 0.6 is 23.6 Å². The minimum atomic E-state index is -0.353. The van der Waals surface area contributed by atoms with Gasteiger partial charge >= 0.3 is 5.97 Å². The maximum Gasteiger partial charge on any atom is 0.338 e. The van der Waals surface area contributed by atoms with Crippen molar-refractivity contribution < 1.29 is 13.9 Å². The number of rotatable bonds is 5. The molecule has 1 aliphatic carbocycles. The Morgan fingerprint density at radius 2 is 2.18 bits per heavy atom. The third-order valence-electron chi connectivity index (χ3n) is 4.83. The summed E-state index contributed by atoms with van der Waals surface area (Å²) in [5, 5.41) is 9.76. The van der Waals surface area contributed by atoms with E-state index in [1.807, 2.05) is 29.6 Å². The molecule has 1 unspecified atom stereocenters. The largest absolute Gasteiger partial charge is 0.460 e. The van der Waals surface area contributed by atoms with Crippen LogP contribution in [0.15, 0.2) is 47.8 Å². The number of hydrogen-bond donors (Lipinski definition) is 2. The van der Waals surface area contributed by atoms with Gasteiger partial charge in [0, 0.05) is 4.70 Å². The second-order valence-electron chi connectivity index (χ2n) is 6.61. The van der Waals surface area contributed by atoms with Crippen LogP contribution in [-0.4, -0.2) is 24.2 Å². The maximum absolute atomic E-state index is 13.8. The van der Waals surface area contributed by atoms with Crippen molar-refractivity contribution >= 4 is 44.7 Å². The number of nitrogens with one attached hydrogen (secondary N) is 2. The molecule has 0 radical (unpaired) electrons. The summed E-state index contributed by atoms with van der Waals surface area (Å²) in [6, 6.07) is 12.7. The predicted octanol–water partition coefficient (Wildman–Crippen LogP) is 4.35. The van der Waals surface area contributed by atoms with Gasteiger partial charge in [0.2, 0.25) is 0 Å². The summed E-state index contributed by atoms with van der Waals surface area (Å²) in [4.78, 5) is 12.2. The highest BCUT2D eigenvalue weighted by Crippen LogP contribution is 2.32. The Bertz CT molecular complexity index is 1030. The molecule has 0 fully saturated rings. The highest BCUT2D eigenvalue weighted by Gasteiger charge is 2.25. The summed E-state index contributed by atoms with van der Waals surface area (Å²) in [5.41, 5.74) is 2.26. The standard InChI is InChI=1S/C21H19FN2O2S2/c22-17-3-1-2-16-15(17)5-6-18(16)24-21(27)23-9-10-26-20(25)14-4-7-19-13(12-14)8-11-28-19/h1-4,7-8,11-12,18H,5-6,9-10H2,(H2,23,24,27). The number of esters is 1. The quantitative estimate of drug-likeness (QED) is 0.369. The van der Waals surface area contributed by atoms with Gasteiger partial charge in [-0.2, -0.15) is 0 Å². The zero-order chi connectivity index (χ0) is 19.5. The first-order valence-corrected chi connectivity index (χ1v) is 10.4. The molecule has 1 atom stereocenters. The van der Waals surface area contributed by atoms with Crippen molar-refractivity contribution in [1.82, 2.24) is 10.6 Å². The molecule has 3 aromatic rings. The third-order valence-corrected chi connectivity index (χ3v) is 5.99. The summed E-state index contributed by atoms with van der Waals surface area (Å²) < 4.78 is 20.3. The average molecular weight is 415 g/mol. The highest BCUT2D eigenvalue weighted by atomic mass is 32.1. The van der Waals surface area contributed by atoms with Crippen molar-refractivity contribution in [2.75, 3.05) is 13.2 Å². The molecule has 2 N–H and O–H groups in total. The topological polar surface area (TPSA) is 50.4 Å². The fraction of sp³-hybridized carbons (Fsp3) is 0.238. The van der Waals surface area contributed by atoms with E-state index >= 15 is 0 Å². The molecule has 4 rings (SSSR count). The molecule has 0 amide bonds. The number of thiophene rings is 1. The molecule has 144 valence electrons. The molecule has 0 saturated carbocycles. The van der Waals surface area contributed by atoms with Gasteiger partial charge in [0.25, 0.3) is 0 Å². The van der Waals surface area contributed by atoms with Crippen molar-refractivity contribution in [3.8, 4) is 0 Å². The smallest absolute Gasteiger partial charge is 0.338 e. The number of halogens is 1. The lowest BCUT2D eigenvalue weighted by atomic mass is 10.1. The van der Waals surface area contributed by atoms with E-state index in [1.165, 1.54) is 6.07 Å². The van der Waals surface area contributed by atoms with Gasteiger partial charge in [-0.25, -0.2) is 9.18 Å². The summed E-state index contributed by atoms with van der Waals surface area (Å²) >= 11 is 6.95. The molecule has 1 aliphatic rings. The molecule has 4 nitrogen and oxygen atoms in total. The van der Waals surface area contributed by atoms with E-state index in [-0.39, 0.29) is 24.4 Å². The lowest BCUT2D eigenvalue weighted by Crippen LogP contribution is -2.38. The Balaban J connectivity index is 1.23. The average Bonchev–Trinajstić information content (AvgIpc) is 3.32. The number of benzene rings is 2. The molecular formula is C21H19FN2O2S2. The van der Waals surface area contributed by atoms with Crippen LogP contribution < -0.4 is 10.6 Å². The van der Waals surface area contributed by atoms with Gasteiger partial charge in [-0.3, -0.25) is 0 Å². The van der Waals surface area contributed by atoms with E-state index in [9.17, 15) is 9.18 Å². The molecule has 0 bridgehead atoms. The lowest BCUT2D eigenvalue weighted by molar-refractivity contribution is 0.0513. The van der Waals surface area contributed by atoms with Crippen LogP contribution in [0.4, 0.5) is 4.39 Å². The first-order valence-electron chi connectivity index (χ1n) is 9.08. The highest BCUT2D eigenvalue weighted by molar-refractivity contribution is 7.80. The lowest BCUT2D eigenvalue weighted by Gasteiger charge is -2.17. The van der Waals surface area contributed by atoms with Crippen LogP contribution in [0.2, 0.25) is 0 Å². The van der Waals surface area contributed by atoms with Gasteiger partial charge in [0.15, 0.2) is 5.11 Å². The van der Waals surface area contributed by atoms with E-state index in [4.69, 9.17) is 17.0 Å². The Hall–Kier alpha value is -2.51. The Morgan fingerprint density at radius 3 is 3.07 bits per heavy atom. The number of fused-ring (bicyclic) bond motifs is 2. The van der Waals surface area contributed by atoms with Crippen molar-refractivity contribution in [2.45, 2.75) is 18.9 Å². The molecule has 0 saturated heterocycles. The van der Waals surface area contributed by atoms with Crippen LogP contribution in [0.25, 0.3) is 10.1 Å². The minimum Gasteiger partial charge on any atom is -0.460 e. The first-order chi connectivity index (χ1) is 13.6.